The lowest BCUT2D eigenvalue weighted by atomic mass is 10.2. The molecule has 3 rings (SSSR count). The van der Waals surface area contributed by atoms with Crippen molar-refractivity contribution in [2.45, 2.75) is 13.8 Å². The molecule has 0 N–H and O–H groups in total. The van der Waals surface area contributed by atoms with Gasteiger partial charge in [-0.1, -0.05) is 18.2 Å². The number of rotatable bonds is 7. The van der Waals surface area contributed by atoms with Crippen LogP contribution in [0.15, 0.2) is 48.5 Å². The molecule has 0 radical (unpaired) electrons. The molecule has 3 aromatic rings. The fourth-order valence-electron chi connectivity index (χ4n) is 2.50. The van der Waals surface area contributed by atoms with E-state index in [-0.39, 0.29) is 0 Å². The van der Waals surface area contributed by atoms with Crippen molar-refractivity contribution in [1.82, 2.24) is 9.78 Å². The minimum absolute atomic E-state index is 0.580. The zero-order valence-electron chi connectivity index (χ0n) is 14.1. The molecule has 2 aromatic carbocycles. The molecule has 1 aromatic heterocycles. The van der Waals surface area contributed by atoms with Gasteiger partial charge in [-0.25, -0.2) is 4.68 Å². The first-order valence-corrected chi connectivity index (χ1v) is 9.14. The summed E-state index contributed by atoms with van der Waals surface area (Å²) in [6, 6.07) is 15.9. The Bertz CT molecular complexity index is 799. The zero-order valence-corrected chi connectivity index (χ0v) is 15.0. The molecule has 0 saturated carbocycles. The third-order valence-corrected chi connectivity index (χ3v) is 5.28. The average Bonchev–Trinajstić information content (AvgIpc) is 3.00. The Morgan fingerprint density at radius 2 is 1.71 bits per heavy atom. The summed E-state index contributed by atoms with van der Waals surface area (Å²) in [5.74, 6) is 0.791. The summed E-state index contributed by atoms with van der Waals surface area (Å²) in [5, 5.41) is 5.75. The highest BCUT2D eigenvalue weighted by atomic mass is 31.2. The number of benzene rings is 2. The van der Waals surface area contributed by atoms with Gasteiger partial charge in [0.2, 0.25) is 8.38 Å². The van der Waals surface area contributed by atoms with Crippen LogP contribution < -0.4 is 10.2 Å². The summed E-state index contributed by atoms with van der Waals surface area (Å²) in [4.78, 5) is 0. The van der Waals surface area contributed by atoms with E-state index in [2.05, 4.69) is 0 Å². The smallest absolute Gasteiger partial charge is 0.225 e. The molecular formula is C18H21N2O3P. The van der Waals surface area contributed by atoms with E-state index in [1.807, 2.05) is 67.1 Å². The van der Waals surface area contributed by atoms with Gasteiger partial charge in [0.05, 0.1) is 31.5 Å². The molecule has 0 aliphatic rings. The van der Waals surface area contributed by atoms with Crippen LogP contribution in [-0.2, 0) is 9.05 Å². The quantitative estimate of drug-likeness (QED) is 0.607. The normalized spacial score (nSPS) is 11.3. The predicted molar refractivity (Wildman–Crippen MR) is 97.4 cm³/mol. The van der Waals surface area contributed by atoms with Crippen LogP contribution in [-0.4, -0.2) is 30.1 Å². The van der Waals surface area contributed by atoms with Gasteiger partial charge in [0, 0.05) is 5.39 Å². The van der Waals surface area contributed by atoms with Crippen LogP contribution in [0.3, 0.4) is 0 Å². The summed E-state index contributed by atoms with van der Waals surface area (Å²) in [6.45, 7) is 5.11. The molecule has 0 bridgehead atoms. The number of nitrogens with zero attached hydrogens (tertiary/aromatic N) is 2. The van der Waals surface area contributed by atoms with Gasteiger partial charge >= 0.3 is 0 Å². The molecule has 1 heterocycles. The van der Waals surface area contributed by atoms with Crippen molar-refractivity contribution in [2.75, 3.05) is 20.3 Å². The molecule has 0 aliphatic carbocycles. The van der Waals surface area contributed by atoms with Crippen molar-refractivity contribution in [1.29, 1.82) is 0 Å². The first-order valence-electron chi connectivity index (χ1n) is 7.96. The van der Waals surface area contributed by atoms with Crippen LogP contribution in [0.25, 0.3) is 16.6 Å². The summed E-state index contributed by atoms with van der Waals surface area (Å²) < 4.78 is 19.1. The van der Waals surface area contributed by atoms with Crippen LogP contribution in [0.1, 0.15) is 13.8 Å². The molecule has 6 heteroatoms. The minimum Gasteiger partial charge on any atom is -0.497 e. The van der Waals surface area contributed by atoms with Gasteiger partial charge in [0.15, 0.2) is 0 Å². The van der Waals surface area contributed by atoms with Crippen molar-refractivity contribution < 1.29 is 13.8 Å². The Hall–Kier alpha value is -1.94. The summed E-state index contributed by atoms with van der Waals surface area (Å²) in [6.07, 6.45) is 0. The van der Waals surface area contributed by atoms with Crippen LogP contribution in [0.4, 0.5) is 0 Å². The Morgan fingerprint density at radius 3 is 2.33 bits per heavy atom. The zero-order chi connectivity index (χ0) is 16.9. The first kappa shape index (κ1) is 16.9. The van der Waals surface area contributed by atoms with E-state index in [4.69, 9.17) is 18.9 Å². The Kier molecular flexibility index (Phi) is 5.46. The highest BCUT2D eigenvalue weighted by Crippen LogP contribution is 2.40. The van der Waals surface area contributed by atoms with Crippen LogP contribution in [0.2, 0.25) is 0 Å². The van der Waals surface area contributed by atoms with Gasteiger partial charge in [-0.2, -0.15) is 5.10 Å². The van der Waals surface area contributed by atoms with Crippen molar-refractivity contribution in [3.05, 3.63) is 48.5 Å². The van der Waals surface area contributed by atoms with Gasteiger partial charge in [-0.15, -0.1) is 0 Å². The topological polar surface area (TPSA) is 45.5 Å². The molecule has 0 amide bonds. The van der Waals surface area contributed by atoms with E-state index in [0.29, 0.717) is 13.2 Å². The van der Waals surface area contributed by atoms with Gasteiger partial charge in [0.1, 0.15) is 11.2 Å². The van der Waals surface area contributed by atoms with E-state index >= 15 is 0 Å². The summed E-state index contributed by atoms with van der Waals surface area (Å²) >= 11 is 0. The van der Waals surface area contributed by atoms with Crippen LogP contribution in [0.5, 0.6) is 5.75 Å². The summed E-state index contributed by atoms with van der Waals surface area (Å²) in [5.41, 5.74) is 2.81. The maximum Gasteiger partial charge on any atom is 0.225 e. The highest BCUT2D eigenvalue weighted by molar-refractivity contribution is 7.56. The lowest BCUT2D eigenvalue weighted by Crippen LogP contribution is -2.18. The first-order chi connectivity index (χ1) is 11.8. The number of methoxy groups -OCH3 is 1. The number of para-hydroxylation sites is 1. The number of hydrogen-bond acceptors (Lipinski definition) is 4. The number of aromatic nitrogens is 2. The van der Waals surface area contributed by atoms with E-state index in [1.54, 1.807) is 7.11 Å². The van der Waals surface area contributed by atoms with E-state index in [0.717, 1.165) is 27.8 Å². The lowest BCUT2D eigenvalue weighted by molar-refractivity contribution is 0.276. The maximum atomic E-state index is 5.91. The second kappa shape index (κ2) is 7.75. The molecule has 0 unspecified atom stereocenters. The monoisotopic (exact) mass is 344 g/mol. The molecule has 0 fully saturated rings. The Morgan fingerprint density at radius 1 is 1.00 bits per heavy atom. The van der Waals surface area contributed by atoms with Crippen LogP contribution in [0, 0.1) is 0 Å². The average molecular weight is 344 g/mol. The predicted octanol–water partition coefficient (Wildman–Crippen LogP) is 4.04. The molecular weight excluding hydrogens is 323 g/mol. The summed E-state index contributed by atoms with van der Waals surface area (Å²) in [7, 11) is 0.427. The van der Waals surface area contributed by atoms with Crippen molar-refractivity contribution in [2.24, 2.45) is 0 Å². The van der Waals surface area contributed by atoms with E-state index in [1.165, 1.54) is 0 Å². The fourth-order valence-corrected chi connectivity index (χ4v) is 3.98. The molecule has 0 atom stereocenters. The lowest BCUT2D eigenvalue weighted by Gasteiger charge is -2.17. The molecule has 0 aliphatic heterocycles. The second-order valence-electron chi connectivity index (χ2n) is 5.05. The van der Waals surface area contributed by atoms with Crippen LogP contribution >= 0.6 is 8.38 Å². The fraction of sp³-hybridized carbons (Fsp3) is 0.278. The molecule has 126 valence electrons. The highest BCUT2D eigenvalue weighted by Gasteiger charge is 2.24. The van der Waals surface area contributed by atoms with E-state index < -0.39 is 8.38 Å². The van der Waals surface area contributed by atoms with Gasteiger partial charge < -0.3 is 13.8 Å². The van der Waals surface area contributed by atoms with E-state index in [9.17, 15) is 0 Å². The van der Waals surface area contributed by atoms with Gasteiger partial charge in [-0.05, 0) is 44.2 Å². The molecule has 5 nitrogen and oxygen atoms in total. The molecule has 24 heavy (non-hydrogen) atoms. The SMILES string of the molecule is CCOP(OCC)c1c2cc(OC)ccc2nn1-c1ccccc1. The number of fused-ring (bicyclic) bond motifs is 1. The Balaban J connectivity index is 2.23. The van der Waals surface area contributed by atoms with Crippen molar-refractivity contribution >= 4 is 24.7 Å². The van der Waals surface area contributed by atoms with Crippen molar-refractivity contribution in [3.8, 4) is 11.4 Å². The maximum absolute atomic E-state index is 5.91. The minimum atomic E-state index is -1.24. The standard InChI is InChI=1S/C18H21N2O3P/c1-4-22-24(23-5-2)18-16-13-15(21-3)11-12-17(16)19-20(18)14-9-7-6-8-10-14/h6-13H,4-5H2,1-3H3. The Labute approximate surface area is 143 Å². The third-order valence-electron chi connectivity index (χ3n) is 3.52. The van der Waals surface area contributed by atoms with Gasteiger partial charge in [-0.3, -0.25) is 0 Å². The number of hydrogen-bond donors (Lipinski definition) is 0. The molecule has 0 saturated heterocycles. The van der Waals surface area contributed by atoms with Crippen molar-refractivity contribution in [3.63, 3.8) is 0 Å². The largest absolute Gasteiger partial charge is 0.497 e. The number of ether oxygens (including phenoxy) is 1. The third kappa shape index (κ3) is 3.29. The second-order valence-corrected chi connectivity index (χ2v) is 6.50. The molecule has 0 spiro atoms. The van der Waals surface area contributed by atoms with Gasteiger partial charge in [0.25, 0.3) is 0 Å².